The van der Waals surface area contributed by atoms with Crippen LogP contribution in [0.25, 0.3) is 0 Å². The standard InChI is InChI=1S/C19H19P.BrH.Mn/c1-20(17-11-5-2-6-12-17,18-13-7-3-8-14-18)19-15-9-4-10-16-19;;/h2-16,20H,1H3;1H;/q;;+1/p-1. The average molecular weight is 413 g/mol. The van der Waals surface area contributed by atoms with Crippen molar-refractivity contribution in [1.29, 1.82) is 0 Å². The summed E-state index contributed by atoms with van der Waals surface area (Å²) in [7, 11) is -1.88. The summed E-state index contributed by atoms with van der Waals surface area (Å²) in [6.07, 6.45) is 0. The van der Waals surface area contributed by atoms with Crippen molar-refractivity contribution in [1.82, 2.24) is 0 Å². The number of hydrogen-bond donors (Lipinski definition) is 0. The molecule has 0 nitrogen and oxygen atoms in total. The van der Waals surface area contributed by atoms with Gasteiger partial charge in [0.05, 0.1) is 0 Å². The molecular weight excluding hydrogens is 394 g/mol. The Labute approximate surface area is 148 Å². The molecule has 0 spiro atoms. The third kappa shape index (κ3) is 3.70. The van der Waals surface area contributed by atoms with Crippen LogP contribution in [-0.2, 0) is 14.2 Å². The fourth-order valence-electron chi connectivity index (χ4n) is 2.81. The summed E-state index contributed by atoms with van der Waals surface area (Å²) < 4.78 is 0. The molecule has 0 bridgehead atoms. The minimum absolute atomic E-state index is 1.46. The maximum atomic E-state index is 2.75. The van der Waals surface area contributed by atoms with Crippen LogP contribution in [0.2, 0.25) is 0 Å². The van der Waals surface area contributed by atoms with E-state index in [4.69, 9.17) is 0 Å². The molecule has 0 unspecified atom stereocenters. The first-order valence-corrected chi connectivity index (χ1v) is 12.5. The quantitative estimate of drug-likeness (QED) is 0.447. The van der Waals surface area contributed by atoms with Gasteiger partial charge in [0.15, 0.2) is 0 Å². The second-order valence-corrected chi connectivity index (χ2v) is 9.21. The van der Waals surface area contributed by atoms with Crippen LogP contribution in [0.4, 0.5) is 0 Å². The van der Waals surface area contributed by atoms with E-state index in [0.717, 1.165) is 0 Å². The Morgan fingerprint density at radius 1 is 0.545 bits per heavy atom. The molecule has 0 atom stereocenters. The summed E-state index contributed by atoms with van der Waals surface area (Å²) in [5.74, 6) is 0. The summed E-state index contributed by atoms with van der Waals surface area (Å²) in [5.41, 5.74) is 0. The van der Waals surface area contributed by atoms with Gasteiger partial charge in [-0.25, -0.2) is 0 Å². The van der Waals surface area contributed by atoms with Gasteiger partial charge in [0, 0.05) is 0 Å². The summed E-state index contributed by atoms with van der Waals surface area (Å²) in [6.45, 7) is 2.44. The van der Waals surface area contributed by atoms with Crippen molar-refractivity contribution in [3.63, 3.8) is 0 Å². The van der Waals surface area contributed by atoms with Gasteiger partial charge in [0.25, 0.3) is 0 Å². The Bertz CT molecular complexity index is 575. The van der Waals surface area contributed by atoms with E-state index >= 15 is 0 Å². The van der Waals surface area contributed by atoms with Gasteiger partial charge < -0.3 is 0 Å². The number of hydrogen-bond acceptors (Lipinski definition) is 0. The third-order valence-electron chi connectivity index (χ3n) is 4.05. The first-order chi connectivity index (χ1) is 10.8. The Kier molecular flexibility index (Phi) is 6.86. The molecule has 0 saturated carbocycles. The van der Waals surface area contributed by atoms with Crippen molar-refractivity contribution < 1.29 is 14.2 Å². The van der Waals surface area contributed by atoms with Crippen molar-refractivity contribution in [2.75, 3.05) is 6.66 Å². The first kappa shape index (κ1) is 17.4. The molecule has 0 saturated heterocycles. The van der Waals surface area contributed by atoms with Crippen LogP contribution in [0, 0.1) is 0 Å². The molecular formula is C19H19BrMnP. The van der Waals surface area contributed by atoms with Gasteiger partial charge in [-0.05, 0) is 0 Å². The number of rotatable bonds is 3. The van der Waals surface area contributed by atoms with E-state index < -0.39 is 7.26 Å². The van der Waals surface area contributed by atoms with Gasteiger partial charge in [-0.2, -0.15) is 0 Å². The molecule has 3 rings (SSSR count). The second kappa shape index (κ2) is 8.65. The molecule has 0 aliphatic carbocycles. The van der Waals surface area contributed by atoms with E-state index in [1.807, 2.05) is 0 Å². The average Bonchev–Trinajstić information content (AvgIpc) is 2.65. The summed E-state index contributed by atoms with van der Waals surface area (Å²) in [4.78, 5) is 0. The molecule has 0 heterocycles. The van der Waals surface area contributed by atoms with Crippen molar-refractivity contribution in [2.45, 2.75) is 0 Å². The Hall–Kier alpha value is -0.911. The molecule has 0 radical (unpaired) electrons. The fraction of sp³-hybridized carbons (Fsp3) is 0.0526. The molecule has 3 aromatic carbocycles. The molecule has 0 N–H and O–H groups in total. The van der Waals surface area contributed by atoms with Gasteiger partial charge in [0.1, 0.15) is 0 Å². The molecule has 0 aromatic heterocycles. The van der Waals surface area contributed by atoms with Crippen LogP contribution < -0.4 is 15.9 Å². The molecule has 22 heavy (non-hydrogen) atoms. The van der Waals surface area contributed by atoms with Gasteiger partial charge in [-0.1, -0.05) is 0 Å². The Morgan fingerprint density at radius 2 is 0.773 bits per heavy atom. The first-order valence-electron chi connectivity index (χ1n) is 7.12. The Morgan fingerprint density at radius 3 is 1.00 bits per heavy atom. The molecule has 0 aliphatic rings. The van der Waals surface area contributed by atoms with E-state index in [-0.39, 0.29) is 0 Å². The maximum absolute atomic E-state index is 2.75. The van der Waals surface area contributed by atoms with E-state index in [1.165, 1.54) is 15.9 Å². The predicted octanol–water partition coefficient (Wildman–Crippen LogP) is 4.19. The van der Waals surface area contributed by atoms with Crippen LogP contribution in [0.1, 0.15) is 0 Å². The zero-order valence-electron chi connectivity index (χ0n) is 12.4. The molecule has 114 valence electrons. The molecule has 0 amide bonds. The van der Waals surface area contributed by atoms with Crippen molar-refractivity contribution >= 4 is 37.3 Å². The zero-order chi connectivity index (χ0) is 15.8. The minimum atomic E-state index is -1.88. The van der Waals surface area contributed by atoms with E-state index in [0.29, 0.717) is 0 Å². The van der Waals surface area contributed by atoms with Gasteiger partial charge in [0.2, 0.25) is 0 Å². The molecule has 0 fully saturated rings. The normalized spacial score (nSPS) is 11.2. The molecule has 3 heteroatoms. The second-order valence-electron chi connectivity index (χ2n) is 5.22. The van der Waals surface area contributed by atoms with E-state index in [2.05, 4.69) is 126 Å². The van der Waals surface area contributed by atoms with E-state index in [1.54, 1.807) is 0 Å². The van der Waals surface area contributed by atoms with Gasteiger partial charge in [-0.15, -0.1) is 0 Å². The summed E-state index contributed by atoms with van der Waals surface area (Å²) in [5, 5.41) is 4.37. The van der Waals surface area contributed by atoms with Gasteiger partial charge >= 0.3 is 149 Å². The molecule has 0 aliphatic heterocycles. The number of benzene rings is 3. The van der Waals surface area contributed by atoms with E-state index in [9.17, 15) is 0 Å². The fourth-order valence-corrected chi connectivity index (χ4v) is 6.39. The topological polar surface area (TPSA) is 0 Å². The van der Waals surface area contributed by atoms with Crippen molar-refractivity contribution in [3.05, 3.63) is 91.0 Å². The summed E-state index contributed by atoms with van der Waals surface area (Å²) >= 11 is 5.50. The number of halogens is 1. The predicted molar refractivity (Wildman–Crippen MR) is 101 cm³/mol. The van der Waals surface area contributed by atoms with Crippen LogP contribution in [0.5, 0.6) is 0 Å². The van der Waals surface area contributed by atoms with Crippen LogP contribution in [0.15, 0.2) is 91.0 Å². The van der Waals surface area contributed by atoms with Gasteiger partial charge in [-0.3, -0.25) is 0 Å². The van der Waals surface area contributed by atoms with Crippen molar-refractivity contribution in [3.8, 4) is 0 Å². The van der Waals surface area contributed by atoms with Crippen LogP contribution in [0.3, 0.4) is 0 Å². The summed E-state index contributed by atoms with van der Waals surface area (Å²) in [6, 6.07) is 32.8. The monoisotopic (exact) mass is 412 g/mol. The van der Waals surface area contributed by atoms with Crippen molar-refractivity contribution in [2.24, 2.45) is 0 Å². The SMILES string of the molecule is C[PH](c1ccccc1)(c1ccccc1)c1ccccc1.[Mn][Br]. The van der Waals surface area contributed by atoms with Crippen LogP contribution in [-0.4, -0.2) is 6.66 Å². The third-order valence-corrected chi connectivity index (χ3v) is 8.52. The zero-order valence-corrected chi connectivity index (χ0v) is 16.2. The Balaban J connectivity index is 0.000000847. The molecule has 3 aromatic rings. The van der Waals surface area contributed by atoms with Crippen LogP contribution >= 0.6 is 21.4 Å².